The summed E-state index contributed by atoms with van der Waals surface area (Å²) < 4.78 is 0. The van der Waals surface area contributed by atoms with Crippen molar-refractivity contribution in [2.75, 3.05) is 26.7 Å². The fourth-order valence-electron chi connectivity index (χ4n) is 2.54. The molecule has 0 heterocycles. The molecule has 0 saturated heterocycles. The van der Waals surface area contributed by atoms with Gasteiger partial charge in [0, 0.05) is 25.7 Å². The summed E-state index contributed by atoms with van der Waals surface area (Å²) in [6.45, 7) is 7.13. The molecule has 6 heteroatoms. The van der Waals surface area contributed by atoms with Gasteiger partial charge in [-0.1, -0.05) is 13.0 Å². The summed E-state index contributed by atoms with van der Waals surface area (Å²) in [5, 5.41) is 11.8. The van der Waals surface area contributed by atoms with Crippen LogP contribution in [0.5, 0.6) is 0 Å². The molecule has 1 fully saturated rings. The molecule has 0 aromatic heterocycles. The number of nitrogens with one attached hydrogen (secondary N) is 1. The van der Waals surface area contributed by atoms with Gasteiger partial charge in [0.15, 0.2) is 0 Å². The molecular formula is C15H27N3O3. The highest BCUT2D eigenvalue weighted by Crippen LogP contribution is 2.25. The van der Waals surface area contributed by atoms with Crippen molar-refractivity contribution in [1.29, 1.82) is 0 Å². The third-order valence-corrected chi connectivity index (χ3v) is 3.95. The zero-order valence-corrected chi connectivity index (χ0v) is 13.0. The molecule has 0 spiro atoms. The van der Waals surface area contributed by atoms with Gasteiger partial charge >= 0.3 is 12.0 Å². The number of carbonyl (C=O) groups excluding carboxylic acids is 1. The van der Waals surface area contributed by atoms with Gasteiger partial charge in [0.25, 0.3) is 0 Å². The quantitative estimate of drug-likeness (QED) is 0.500. The molecule has 120 valence electrons. The van der Waals surface area contributed by atoms with Crippen LogP contribution in [0.15, 0.2) is 12.7 Å². The monoisotopic (exact) mass is 297 g/mol. The number of allylic oxidation sites excluding steroid dienone is 1. The van der Waals surface area contributed by atoms with Gasteiger partial charge in [-0.05, 0) is 32.2 Å². The molecular weight excluding hydrogens is 270 g/mol. The molecule has 1 saturated carbocycles. The standard InChI is InChI=1S/C15H27N3O3/c1-4-6-7-8-17(3)15(21)16-12-9-13(10-12)18(5-2)11-14(19)20/h4,12-13H,1,5-11H2,2-3H3,(H,16,21)(H,19,20). The van der Waals surface area contributed by atoms with Crippen LogP contribution in [0.25, 0.3) is 0 Å². The van der Waals surface area contributed by atoms with Crippen molar-refractivity contribution in [1.82, 2.24) is 15.1 Å². The zero-order valence-electron chi connectivity index (χ0n) is 13.0. The minimum Gasteiger partial charge on any atom is -0.480 e. The molecule has 0 aliphatic heterocycles. The largest absolute Gasteiger partial charge is 0.480 e. The highest BCUT2D eigenvalue weighted by atomic mass is 16.4. The Hall–Kier alpha value is -1.56. The molecule has 0 radical (unpaired) electrons. The molecule has 1 aliphatic carbocycles. The Kier molecular flexibility index (Phi) is 7.22. The first-order chi connectivity index (χ1) is 9.97. The van der Waals surface area contributed by atoms with Crippen LogP contribution in [-0.2, 0) is 4.79 Å². The molecule has 1 aliphatic rings. The van der Waals surface area contributed by atoms with Crippen LogP contribution < -0.4 is 5.32 Å². The Morgan fingerprint density at radius 3 is 2.62 bits per heavy atom. The summed E-state index contributed by atoms with van der Waals surface area (Å²) >= 11 is 0. The number of unbranched alkanes of at least 4 members (excludes halogenated alkanes) is 1. The highest BCUT2D eigenvalue weighted by Gasteiger charge is 2.34. The predicted molar refractivity (Wildman–Crippen MR) is 82.3 cm³/mol. The lowest BCUT2D eigenvalue weighted by Crippen LogP contribution is -2.56. The van der Waals surface area contributed by atoms with Gasteiger partial charge in [0.05, 0.1) is 6.54 Å². The second-order valence-corrected chi connectivity index (χ2v) is 5.58. The van der Waals surface area contributed by atoms with E-state index in [0.717, 1.165) is 32.2 Å². The van der Waals surface area contributed by atoms with E-state index < -0.39 is 5.97 Å². The van der Waals surface area contributed by atoms with Crippen molar-refractivity contribution >= 4 is 12.0 Å². The van der Waals surface area contributed by atoms with E-state index in [1.165, 1.54) is 0 Å². The maximum Gasteiger partial charge on any atom is 0.317 e. The van der Waals surface area contributed by atoms with Crippen LogP contribution >= 0.6 is 0 Å². The Morgan fingerprint density at radius 1 is 1.43 bits per heavy atom. The first-order valence-corrected chi connectivity index (χ1v) is 7.56. The number of hydrogen-bond acceptors (Lipinski definition) is 3. The van der Waals surface area contributed by atoms with Crippen LogP contribution in [0.2, 0.25) is 0 Å². The number of urea groups is 1. The number of aliphatic carboxylic acids is 1. The molecule has 2 amide bonds. The van der Waals surface area contributed by atoms with E-state index in [1.54, 1.807) is 11.9 Å². The highest BCUT2D eigenvalue weighted by molar-refractivity contribution is 5.74. The third kappa shape index (κ3) is 5.75. The Balaban J connectivity index is 2.25. The smallest absolute Gasteiger partial charge is 0.317 e. The summed E-state index contributed by atoms with van der Waals surface area (Å²) in [5.74, 6) is -0.800. The van der Waals surface area contributed by atoms with Crippen LogP contribution in [0.4, 0.5) is 4.79 Å². The molecule has 0 atom stereocenters. The predicted octanol–water partition coefficient (Wildman–Crippen LogP) is 1.53. The van der Waals surface area contributed by atoms with E-state index in [0.29, 0.717) is 6.54 Å². The van der Waals surface area contributed by atoms with E-state index in [4.69, 9.17) is 5.11 Å². The van der Waals surface area contributed by atoms with Crippen molar-refractivity contribution in [3.8, 4) is 0 Å². The number of carboxylic acids is 1. The SMILES string of the molecule is C=CCCCN(C)C(=O)NC1CC(N(CC)CC(=O)O)C1. The van der Waals surface area contributed by atoms with E-state index in [2.05, 4.69) is 11.9 Å². The van der Waals surface area contributed by atoms with E-state index >= 15 is 0 Å². The van der Waals surface area contributed by atoms with Gasteiger partial charge in [-0.2, -0.15) is 0 Å². The molecule has 1 rings (SSSR count). The summed E-state index contributed by atoms with van der Waals surface area (Å²) in [5.41, 5.74) is 0. The van der Waals surface area contributed by atoms with Crippen LogP contribution in [0.3, 0.4) is 0 Å². The molecule has 0 aromatic rings. The first-order valence-electron chi connectivity index (χ1n) is 7.56. The number of carboxylic acid groups (broad SMARTS) is 1. The minimum absolute atomic E-state index is 0.0520. The average molecular weight is 297 g/mol. The summed E-state index contributed by atoms with van der Waals surface area (Å²) in [4.78, 5) is 26.3. The maximum absolute atomic E-state index is 11.9. The Bertz CT molecular complexity index is 367. The van der Waals surface area contributed by atoms with Crippen molar-refractivity contribution in [2.45, 2.75) is 44.7 Å². The number of rotatable bonds is 9. The summed E-state index contributed by atoms with van der Waals surface area (Å²) in [6.07, 6.45) is 5.33. The van der Waals surface area contributed by atoms with Gasteiger partial charge in [-0.25, -0.2) is 4.79 Å². The lowest BCUT2D eigenvalue weighted by Gasteiger charge is -2.42. The molecule has 0 unspecified atom stereocenters. The van der Waals surface area contributed by atoms with Gasteiger partial charge in [-0.3, -0.25) is 9.69 Å². The van der Waals surface area contributed by atoms with Gasteiger partial charge < -0.3 is 15.3 Å². The van der Waals surface area contributed by atoms with Crippen molar-refractivity contribution in [3.05, 3.63) is 12.7 Å². The topological polar surface area (TPSA) is 72.9 Å². The Labute approximate surface area is 126 Å². The molecule has 0 bridgehead atoms. The number of amides is 2. The van der Waals surface area contributed by atoms with Crippen LogP contribution in [-0.4, -0.2) is 65.7 Å². The van der Waals surface area contributed by atoms with Gasteiger partial charge in [0.2, 0.25) is 0 Å². The van der Waals surface area contributed by atoms with Crippen LogP contribution in [0, 0.1) is 0 Å². The fourth-order valence-corrected chi connectivity index (χ4v) is 2.54. The normalized spacial score (nSPS) is 20.7. The molecule has 2 N–H and O–H groups in total. The van der Waals surface area contributed by atoms with Gasteiger partial charge in [0.1, 0.15) is 0 Å². The summed E-state index contributed by atoms with van der Waals surface area (Å²) in [7, 11) is 1.79. The van der Waals surface area contributed by atoms with Crippen LogP contribution in [0.1, 0.15) is 32.6 Å². The number of likely N-dealkylation sites (N-methyl/N-ethyl adjacent to an activating group) is 1. The van der Waals surface area contributed by atoms with Crippen molar-refractivity contribution in [3.63, 3.8) is 0 Å². The average Bonchev–Trinajstić information content (AvgIpc) is 2.39. The van der Waals surface area contributed by atoms with E-state index in [-0.39, 0.29) is 24.7 Å². The van der Waals surface area contributed by atoms with Crippen molar-refractivity contribution < 1.29 is 14.7 Å². The second kappa shape index (κ2) is 8.67. The Morgan fingerprint density at radius 2 is 2.10 bits per heavy atom. The lowest BCUT2D eigenvalue weighted by molar-refractivity contribution is -0.139. The molecule has 21 heavy (non-hydrogen) atoms. The van der Waals surface area contributed by atoms with Gasteiger partial charge in [-0.15, -0.1) is 6.58 Å². The maximum atomic E-state index is 11.9. The van der Waals surface area contributed by atoms with E-state index in [9.17, 15) is 9.59 Å². The number of hydrogen-bond donors (Lipinski definition) is 2. The fraction of sp³-hybridized carbons (Fsp3) is 0.733. The van der Waals surface area contributed by atoms with E-state index in [1.807, 2.05) is 17.9 Å². The zero-order chi connectivity index (χ0) is 15.8. The lowest BCUT2D eigenvalue weighted by atomic mass is 9.85. The molecule has 0 aromatic carbocycles. The van der Waals surface area contributed by atoms with Crippen molar-refractivity contribution in [2.24, 2.45) is 0 Å². The summed E-state index contributed by atoms with van der Waals surface area (Å²) in [6, 6.07) is 0.374. The molecule has 6 nitrogen and oxygen atoms in total. The number of carbonyl (C=O) groups is 2. The minimum atomic E-state index is -0.800. The number of nitrogens with zero attached hydrogens (tertiary/aromatic N) is 2. The first kappa shape index (κ1) is 17.5. The third-order valence-electron chi connectivity index (χ3n) is 3.95. The second-order valence-electron chi connectivity index (χ2n) is 5.58.